The van der Waals surface area contributed by atoms with Gasteiger partial charge in [-0.2, -0.15) is 0 Å². The van der Waals surface area contributed by atoms with E-state index in [-0.39, 0.29) is 11.3 Å². The van der Waals surface area contributed by atoms with E-state index in [9.17, 15) is 4.79 Å². The number of hydrogen-bond acceptors (Lipinski definition) is 3. The lowest BCUT2D eigenvalue weighted by Crippen LogP contribution is -2.37. The van der Waals surface area contributed by atoms with Crippen molar-refractivity contribution in [2.24, 2.45) is 5.41 Å². The number of nitrogens with one attached hydrogen (secondary N) is 1. The molecule has 94 valence electrons. The zero-order valence-corrected chi connectivity index (χ0v) is 11.5. The lowest BCUT2D eigenvalue weighted by atomic mass is 9.89. The Bertz CT molecular complexity index is 397. The van der Waals surface area contributed by atoms with Crippen molar-refractivity contribution in [1.29, 1.82) is 0 Å². The van der Waals surface area contributed by atoms with Crippen molar-refractivity contribution in [1.82, 2.24) is 10.5 Å². The van der Waals surface area contributed by atoms with Gasteiger partial charge < -0.3 is 9.84 Å². The molecular formula is C12H17BrN2O2. The van der Waals surface area contributed by atoms with Gasteiger partial charge in [0.15, 0.2) is 0 Å². The van der Waals surface area contributed by atoms with Gasteiger partial charge in [-0.25, -0.2) is 0 Å². The first-order chi connectivity index (χ1) is 8.17. The number of aryl methyl sites for hydroxylation is 1. The topological polar surface area (TPSA) is 55.1 Å². The maximum atomic E-state index is 11.9. The fourth-order valence-electron chi connectivity index (χ4n) is 2.36. The molecule has 1 amide bonds. The molecule has 1 N–H and O–H groups in total. The van der Waals surface area contributed by atoms with Crippen molar-refractivity contribution in [3.8, 4) is 0 Å². The minimum absolute atomic E-state index is 0.0871. The molecule has 1 aromatic heterocycles. The molecule has 1 aromatic rings. The molecule has 0 unspecified atom stereocenters. The summed E-state index contributed by atoms with van der Waals surface area (Å²) in [5, 5.41) is 7.55. The molecule has 1 fully saturated rings. The molecular weight excluding hydrogens is 284 g/mol. The first-order valence-electron chi connectivity index (χ1n) is 5.92. The van der Waals surface area contributed by atoms with Gasteiger partial charge in [0.2, 0.25) is 0 Å². The smallest absolute Gasteiger partial charge is 0.256 e. The summed E-state index contributed by atoms with van der Waals surface area (Å²) in [5.41, 5.74) is 0.772. The number of amides is 1. The Balaban J connectivity index is 1.94. The van der Waals surface area contributed by atoms with Crippen molar-refractivity contribution >= 4 is 21.8 Å². The van der Waals surface area contributed by atoms with E-state index in [4.69, 9.17) is 4.52 Å². The molecule has 0 radical (unpaired) electrons. The van der Waals surface area contributed by atoms with Crippen LogP contribution in [0.25, 0.3) is 0 Å². The maximum absolute atomic E-state index is 11.9. The Morgan fingerprint density at radius 2 is 2.29 bits per heavy atom. The molecule has 0 spiro atoms. The Morgan fingerprint density at radius 3 is 2.82 bits per heavy atom. The van der Waals surface area contributed by atoms with Gasteiger partial charge in [-0.05, 0) is 25.2 Å². The molecule has 1 saturated carbocycles. The van der Waals surface area contributed by atoms with Crippen LogP contribution in [0.4, 0.5) is 0 Å². The van der Waals surface area contributed by atoms with Crippen LogP contribution in [-0.4, -0.2) is 22.9 Å². The summed E-state index contributed by atoms with van der Waals surface area (Å²) < 4.78 is 4.89. The fraction of sp³-hybridized carbons (Fsp3) is 0.667. The minimum atomic E-state index is -0.0871. The predicted octanol–water partition coefficient (Wildman–Crippen LogP) is 2.67. The van der Waals surface area contributed by atoms with E-state index in [0.717, 1.165) is 11.9 Å². The number of halogens is 1. The summed E-state index contributed by atoms with van der Waals surface area (Å²) in [6, 6.07) is 0. The minimum Gasteiger partial charge on any atom is -0.361 e. The molecule has 17 heavy (non-hydrogen) atoms. The van der Waals surface area contributed by atoms with Crippen LogP contribution in [0.5, 0.6) is 0 Å². The monoisotopic (exact) mass is 300 g/mol. The molecule has 1 heterocycles. The van der Waals surface area contributed by atoms with E-state index in [0.29, 0.717) is 11.3 Å². The highest BCUT2D eigenvalue weighted by atomic mass is 79.9. The second kappa shape index (κ2) is 5.21. The van der Waals surface area contributed by atoms with E-state index >= 15 is 0 Å². The molecule has 0 aliphatic heterocycles. The molecule has 0 atom stereocenters. The summed E-state index contributed by atoms with van der Waals surface area (Å²) in [6.45, 7) is 2.47. The van der Waals surface area contributed by atoms with Gasteiger partial charge in [-0.3, -0.25) is 4.79 Å². The van der Waals surface area contributed by atoms with Crippen LogP contribution in [0.15, 0.2) is 10.7 Å². The van der Waals surface area contributed by atoms with E-state index in [1.54, 1.807) is 6.92 Å². The zero-order valence-electron chi connectivity index (χ0n) is 9.96. The van der Waals surface area contributed by atoms with Crippen molar-refractivity contribution in [3.05, 3.63) is 17.5 Å². The van der Waals surface area contributed by atoms with Crippen LogP contribution in [-0.2, 0) is 0 Å². The van der Waals surface area contributed by atoms with Crippen LogP contribution in [0, 0.1) is 12.3 Å². The third-order valence-corrected chi connectivity index (χ3v) is 4.76. The number of aromatic nitrogens is 1. The molecule has 0 aromatic carbocycles. The van der Waals surface area contributed by atoms with Gasteiger partial charge in [-0.15, -0.1) is 0 Å². The number of alkyl halides is 1. The lowest BCUT2D eigenvalue weighted by Gasteiger charge is -2.26. The second-order valence-corrected chi connectivity index (χ2v) is 5.38. The van der Waals surface area contributed by atoms with E-state index < -0.39 is 0 Å². The quantitative estimate of drug-likeness (QED) is 0.870. The number of carbonyl (C=O) groups is 1. The number of hydrogen-bond donors (Lipinski definition) is 1. The van der Waals surface area contributed by atoms with Crippen LogP contribution >= 0.6 is 15.9 Å². The summed E-state index contributed by atoms with van der Waals surface area (Å²) in [6.07, 6.45) is 6.35. The van der Waals surface area contributed by atoms with Gasteiger partial charge in [0.1, 0.15) is 11.3 Å². The van der Waals surface area contributed by atoms with Crippen molar-refractivity contribution < 1.29 is 9.32 Å². The Hall–Kier alpha value is -0.840. The average Bonchev–Trinajstić information content (AvgIpc) is 2.95. The second-order valence-electron chi connectivity index (χ2n) is 4.82. The molecule has 0 bridgehead atoms. The van der Waals surface area contributed by atoms with Crippen LogP contribution in [0.2, 0.25) is 0 Å². The predicted molar refractivity (Wildman–Crippen MR) is 68.3 cm³/mol. The first kappa shape index (κ1) is 12.6. The zero-order chi connectivity index (χ0) is 12.3. The van der Waals surface area contributed by atoms with Gasteiger partial charge >= 0.3 is 0 Å². The fourth-order valence-corrected chi connectivity index (χ4v) is 3.12. The average molecular weight is 301 g/mol. The Kier molecular flexibility index (Phi) is 3.86. The molecule has 2 rings (SSSR count). The molecule has 5 heteroatoms. The van der Waals surface area contributed by atoms with Gasteiger partial charge in [0, 0.05) is 11.9 Å². The molecule has 0 saturated heterocycles. The van der Waals surface area contributed by atoms with Crippen LogP contribution in [0.1, 0.15) is 41.8 Å². The Morgan fingerprint density at radius 1 is 1.59 bits per heavy atom. The van der Waals surface area contributed by atoms with E-state index in [2.05, 4.69) is 26.4 Å². The third-order valence-electron chi connectivity index (χ3n) is 3.57. The lowest BCUT2D eigenvalue weighted by molar-refractivity contribution is 0.0934. The summed E-state index contributed by atoms with van der Waals surface area (Å²) in [5.74, 6) is 0.484. The number of nitrogens with zero attached hydrogens (tertiary/aromatic N) is 1. The van der Waals surface area contributed by atoms with Crippen molar-refractivity contribution in [3.63, 3.8) is 0 Å². The summed E-state index contributed by atoms with van der Waals surface area (Å²) in [4.78, 5) is 11.9. The maximum Gasteiger partial charge on any atom is 0.256 e. The van der Waals surface area contributed by atoms with Crippen molar-refractivity contribution in [2.45, 2.75) is 32.6 Å². The van der Waals surface area contributed by atoms with Gasteiger partial charge in [-0.1, -0.05) is 33.9 Å². The molecule has 1 aliphatic carbocycles. The highest BCUT2D eigenvalue weighted by Crippen LogP contribution is 2.38. The largest absolute Gasteiger partial charge is 0.361 e. The summed E-state index contributed by atoms with van der Waals surface area (Å²) in [7, 11) is 0. The summed E-state index contributed by atoms with van der Waals surface area (Å²) >= 11 is 3.56. The highest BCUT2D eigenvalue weighted by Gasteiger charge is 2.33. The standard InChI is InChI=1S/C12H17BrN2O2/c1-9-10(6-15-17-9)11(16)14-8-12(7-13)4-2-3-5-12/h6H,2-5,7-8H2,1H3,(H,14,16). The number of carbonyl (C=O) groups excluding carboxylic acids is 1. The first-order valence-corrected chi connectivity index (χ1v) is 7.04. The van der Waals surface area contributed by atoms with Gasteiger partial charge in [0.25, 0.3) is 5.91 Å². The highest BCUT2D eigenvalue weighted by molar-refractivity contribution is 9.09. The van der Waals surface area contributed by atoms with Gasteiger partial charge in [0.05, 0.1) is 6.20 Å². The van der Waals surface area contributed by atoms with E-state index in [1.807, 2.05) is 0 Å². The van der Waals surface area contributed by atoms with Crippen molar-refractivity contribution in [2.75, 3.05) is 11.9 Å². The van der Waals surface area contributed by atoms with Crippen LogP contribution in [0.3, 0.4) is 0 Å². The van der Waals surface area contributed by atoms with Crippen LogP contribution < -0.4 is 5.32 Å². The third kappa shape index (κ3) is 2.70. The SMILES string of the molecule is Cc1oncc1C(=O)NCC1(CBr)CCCC1. The normalized spacial score (nSPS) is 18.2. The van der Waals surface area contributed by atoms with E-state index in [1.165, 1.54) is 31.9 Å². The molecule has 4 nitrogen and oxygen atoms in total. The Labute approximate surface area is 109 Å². The number of rotatable bonds is 4. The molecule has 1 aliphatic rings.